The Morgan fingerprint density at radius 2 is 2.15 bits per heavy atom. The highest BCUT2D eigenvalue weighted by atomic mass is 16.6. The molecular formula is C20H23N5O2. The predicted molar refractivity (Wildman–Crippen MR) is 99.0 cm³/mol. The SMILES string of the molecule is Cc1cc(C)c(C#N)c(N2CCC3(CC2)CC(Cn2ccnc2)OC3=O)n1. The number of cyclic esters (lactones) is 1. The minimum Gasteiger partial charge on any atom is -0.460 e. The van der Waals surface area contributed by atoms with Crippen molar-refractivity contribution in [2.45, 2.75) is 45.8 Å². The van der Waals surface area contributed by atoms with Gasteiger partial charge in [-0.05, 0) is 38.3 Å². The van der Waals surface area contributed by atoms with E-state index < -0.39 is 5.41 Å². The number of hydrogen-bond donors (Lipinski definition) is 0. The summed E-state index contributed by atoms with van der Waals surface area (Å²) in [7, 11) is 0. The molecule has 0 radical (unpaired) electrons. The van der Waals surface area contributed by atoms with Crippen LogP contribution in [0.1, 0.15) is 36.1 Å². The lowest BCUT2D eigenvalue weighted by Crippen LogP contribution is -2.43. The quantitative estimate of drug-likeness (QED) is 0.777. The van der Waals surface area contributed by atoms with E-state index in [9.17, 15) is 10.1 Å². The normalized spacial score (nSPS) is 21.3. The molecule has 0 aromatic carbocycles. The summed E-state index contributed by atoms with van der Waals surface area (Å²) < 4.78 is 7.63. The molecule has 2 fully saturated rings. The van der Waals surface area contributed by atoms with Crippen molar-refractivity contribution in [3.63, 3.8) is 0 Å². The fourth-order valence-electron chi connectivity index (χ4n) is 4.31. The Hall–Kier alpha value is -2.88. The molecule has 0 saturated carbocycles. The van der Waals surface area contributed by atoms with Crippen LogP contribution in [0.3, 0.4) is 0 Å². The molecule has 2 aromatic heterocycles. The summed E-state index contributed by atoms with van der Waals surface area (Å²) in [6, 6.07) is 4.22. The number of imidazole rings is 1. The lowest BCUT2D eigenvalue weighted by Gasteiger charge is -2.37. The number of esters is 1. The third-order valence-electron chi connectivity index (χ3n) is 5.76. The second-order valence-corrected chi connectivity index (χ2v) is 7.65. The topological polar surface area (TPSA) is 84.0 Å². The number of anilines is 1. The zero-order chi connectivity index (χ0) is 19.0. The zero-order valence-corrected chi connectivity index (χ0v) is 15.7. The largest absolute Gasteiger partial charge is 0.460 e. The van der Waals surface area contributed by atoms with Gasteiger partial charge < -0.3 is 14.2 Å². The van der Waals surface area contributed by atoms with Gasteiger partial charge in [0.2, 0.25) is 0 Å². The number of pyridine rings is 1. The van der Waals surface area contributed by atoms with Gasteiger partial charge in [-0.1, -0.05) is 0 Å². The first kappa shape index (κ1) is 17.5. The Bertz CT molecular complexity index is 892. The van der Waals surface area contributed by atoms with Gasteiger partial charge in [0, 0.05) is 37.6 Å². The smallest absolute Gasteiger partial charge is 0.312 e. The van der Waals surface area contributed by atoms with Crippen LogP contribution >= 0.6 is 0 Å². The van der Waals surface area contributed by atoms with Gasteiger partial charge in [-0.25, -0.2) is 9.97 Å². The van der Waals surface area contributed by atoms with E-state index in [1.807, 2.05) is 30.7 Å². The van der Waals surface area contributed by atoms with E-state index in [0.29, 0.717) is 25.2 Å². The maximum Gasteiger partial charge on any atom is 0.312 e. The number of carbonyl (C=O) groups excluding carboxylic acids is 1. The van der Waals surface area contributed by atoms with E-state index >= 15 is 0 Å². The fourth-order valence-corrected chi connectivity index (χ4v) is 4.31. The molecule has 4 rings (SSSR count). The lowest BCUT2D eigenvalue weighted by molar-refractivity contribution is -0.150. The second kappa shape index (κ2) is 6.69. The van der Waals surface area contributed by atoms with Gasteiger partial charge in [0.25, 0.3) is 0 Å². The molecule has 2 aliphatic rings. The van der Waals surface area contributed by atoms with Crippen LogP contribution in [0.2, 0.25) is 0 Å². The average Bonchev–Trinajstić information content (AvgIpc) is 3.24. The van der Waals surface area contributed by atoms with Crippen LogP contribution < -0.4 is 4.90 Å². The summed E-state index contributed by atoms with van der Waals surface area (Å²) >= 11 is 0. The molecule has 0 bridgehead atoms. The number of rotatable bonds is 3. The number of nitrogens with zero attached hydrogens (tertiary/aromatic N) is 5. The van der Waals surface area contributed by atoms with Crippen molar-refractivity contribution in [2.75, 3.05) is 18.0 Å². The summed E-state index contributed by atoms with van der Waals surface area (Å²) in [6.07, 6.45) is 7.45. The average molecular weight is 365 g/mol. The first-order valence-corrected chi connectivity index (χ1v) is 9.31. The Labute approximate surface area is 158 Å². The molecule has 0 aliphatic carbocycles. The molecule has 1 unspecified atom stereocenters. The van der Waals surface area contributed by atoms with Crippen molar-refractivity contribution < 1.29 is 9.53 Å². The highest BCUT2D eigenvalue weighted by molar-refractivity contribution is 5.79. The van der Waals surface area contributed by atoms with Gasteiger partial charge in [-0.3, -0.25) is 4.79 Å². The Kier molecular flexibility index (Phi) is 4.34. The van der Waals surface area contributed by atoms with E-state index in [1.165, 1.54) is 0 Å². The number of nitriles is 1. The lowest BCUT2D eigenvalue weighted by atomic mass is 9.76. The maximum atomic E-state index is 12.6. The molecule has 2 saturated heterocycles. The Morgan fingerprint density at radius 1 is 1.37 bits per heavy atom. The van der Waals surface area contributed by atoms with E-state index in [1.54, 1.807) is 12.5 Å². The molecule has 1 spiro atoms. The summed E-state index contributed by atoms with van der Waals surface area (Å²) in [5, 5.41) is 9.53. The molecule has 1 atom stereocenters. The molecule has 7 heteroatoms. The molecule has 0 N–H and O–H groups in total. The highest BCUT2D eigenvalue weighted by Gasteiger charge is 2.50. The first-order valence-electron chi connectivity index (χ1n) is 9.31. The van der Waals surface area contributed by atoms with E-state index in [-0.39, 0.29) is 12.1 Å². The van der Waals surface area contributed by atoms with Crippen molar-refractivity contribution in [2.24, 2.45) is 5.41 Å². The van der Waals surface area contributed by atoms with Gasteiger partial charge in [-0.15, -0.1) is 0 Å². The van der Waals surface area contributed by atoms with Crippen LogP contribution in [-0.4, -0.2) is 39.7 Å². The van der Waals surface area contributed by atoms with Crippen molar-refractivity contribution in [1.29, 1.82) is 5.26 Å². The Morgan fingerprint density at radius 3 is 2.81 bits per heavy atom. The van der Waals surface area contributed by atoms with E-state index in [0.717, 1.165) is 36.3 Å². The van der Waals surface area contributed by atoms with Gasteiger partial charge in [0.05, 0.1) is 23.9 Å². The van der Waals surface area contributed by atoms with E-state index in [2.05, 4.69) is 20.9 Å². The van der Waals surface area contributed by atoms with Gasteiger partial charge in [0.1, 0.15) is 18.0 Å². The number of carbonyl (C=O) groups is 1. The minimum atomic E-state index is -0.409. The molecule has 0 amide bonds. The highest BCUT2D eigenvalue weighted by Crippen LogP contribution is 2.44. The second-order valence-electron chi connectivity index (χ2n) is 7.65. The van der Waals surface area contributed by atoms with Crippen LogP contribution in [-0.2, 0) is 16.1 Å². The van der Waals surface area contributed by atoms with Crippen LogP contribution in [0.5, 0.6) is 0 Å². The monoisotopic (exact) mass is 365 g/mol. The molecule has 4 heterocycles. The van der Waals surface area contributed by atoms with Crippen molar-refractivity contribution in [3.8, 4) is 6.07 Å². The van der Waals surface area contributed by atoms with Crippen LogP contribution in [0, 0.1) is 30.6 Å². The number of aryl methyl sites for hydroxylation is 2. The third kappa shape index (κ3) is 3.16. The Balaban J connectivity index is 1.48. The first-order chi connectivity index (χ1) is 13.0. The number of ether oxygens (including phenoxy) is 1. The minimum absolute atomic E-state index is 0.0823. The third-order valence-corrected chi connectivity index (χ3v) is 5.76. The number of aromatic nitrogens is 3. The van der Waals surface area contributed by atoms with Crippen LogP contribution in [0.4, 0.5) is 5.82 Å². The summed E-state index contributed by atoms with van der Waals surface area (Å²) in [4.78, 5) is 23.4. The van der Waals surface area contributed by atoms with Crippen LogP contribution in [0.25, 0.3) is 0 Å². The summed E-state index contributed by atoms with van der Waals surface area (Å²) in [5.74, 6) is 0.660. The molecule has 2 aliphatic heterocycles. The van der Waals surface area contributed by atoms with E-state index in [4.69, 9.17) is 4.74 Å². The number of piperidine rings is 1. The molecule has 27 heavy (non-hydrogen) atoms. The molecule has 7 nitrogen and oxygen atoms in total. The number of hydrogen-bond acceptors (Lipinski definition) is 6. The molecular weight excluding hydrogens is 342 g/mol. The van der Waals surface area contributed by atoms with Crippen LogP contribution in [0.15, 0.2) is 24.8 Å². The van der Waals surface area contributed by atoms with Gasteiger partial charge in [-0.2, -0.15) is 5.26 Å². The summed E-state index contributed by atoms with van der Waals surface area (Å²) in [6.45, 7) is 5.94. The van der Waals surface area contributed by atoms with Crippen molar-refractivity contribution in [1.82, 2.24) is 14.5 Å². The van der Waals surface area contributed by atoms with Gasteiger partial charge in [0.15, 0.2) is 0 Å². The summed E-state index contributed by atoms with van der Waals surface area (Å²) in [5.41, 5.74) is 2.07. The standard InChI is InChI=1S/C20H23N5O2/c1-14-9-15(2)23-18(17(14)11-21)25-6-3-20(4-7-25)10-16(27-19(20)26)12-24-8-5-22-13-24/h5,8-9,13,16H,3-4,6-7,10,12H2,1-2H3. The molecule has 140 valence electrons. The predicted octanol–water partition coefficient (Wildman–Crippen LogP) is 2.37. The van der Waals surface area contributed by atoms with Crippen molar-refractivity contribution >= 4 is 11.8 Å². The molecule has 2 aromatic rings. The van der Waals surface area contributed by atoms with Gasteiger partial charge >= 0.3 is 5.97 Å². The maximum absolute atomic E-state index is 12.6. The fraction of sp³-hybridized carbons (Fsp3) is 0.500. The van der Waals surface area contributed by atoms with Crippen molar-refractivity contribution in [3.05, 3.63) is 41.6 Å². The zero-order valence-electron chi connectivity index (χ0n) is 15.7.